The maximum absolute atomic E-state index is 11.2. The Morgan fingerprint density at radius 3 is 1.67 bits per heavy atom. The molecule has 0 aliphatic carbocycles. The van der Waals surface area contributed by atoms with E-state index in [9.17, 15) is 9.79 Å². The van der Waals surface area contributed by atoms with Gasteiger partial charge in [0.15, 0.2) is 0 Å². The van der Waals surface area contributed by atoms with E-state index in [-0.39, 0.29) is 10.8 Å². The average Bonchev–Trinajstić information content (AvgIpc) is 2.67. The van der Waals surface area contributed by atoms with Crippen molar-refractivity contribution < 1.29 is 14.3 Å². The van der Waals surface area contributed by atoms with Crippen LogP contribution in [0.25, 0.3) is 11.1 Å². The number of hydrogen-bond donors (Lipinski definition) is 2. The number of para-hydroxylation sites is 1. The van der Waals surface area contributed by atoms with Crippen molar-refractivity contribution in [1.29, 1.82) is 0 Å². The summed E-state index contributed by atoms with van der Waals surface area (Å²) >= 11 is 0. The van der Waals surface area contributed by atoms with Crippen molar-refractivity contribution in [3.63, 3.8) is 0 Å². The molecule has 4 heteroatoms. The number of hydrogen-bond acceptors (Lipinski definition) is 3. The van der Waals surface area contributed by atoms with Gasteiger partial charge < -0.3 is 0 Å². The second kappa shape index (κ2) is 8.15. The van der Waals surface area contributed by atoms with E-state index < -0.39 is 7.94 Å². The predicted octanol–water partition coefficient (Wildman–Crippen LogP) is 6.13. The molecule has 0 aliphatic rings. The Morgan fingerprint density at radius 2 is 1.13 bits per heavy atom. The monoisotopic (exact) mass is 424 g/mol. The van der Waals surface area contributed by atoms with Crippen LogP contribution >= 0.6 is 7.94 Å². The summed E-state index contributed by atoms with van der Waals surface area (Å²) in [7, 11) is -4.20. The first kappa shape index (κ1) is 22.5. The van der Waals surface area contributed by atoms with Gasteiger partial charge in [-0.25, -0.2) is 0 Å². The van der Waals surface area contributed by atoms with Crippen molar-refractivity contribution in [2.24, 2.45) is 0 Å². The third-order valence-corrected chi connectivity index (χ3v) is 6.77. The normalized spacial score (nSPS) is 13.2. The van der Waals surface area contributed by atoms with E-state index >= 15 is 0 Å². The molecular weight excluding hydrogens is 391 g/mol. The molecule has 0 aromatic heterocycles. The SMILES string of the molecule is CC(C)(C)c1cccc(C(C)(C)C)c1O[PH](O)(O)c1cccc(-c2ccccc2)c1. The third-order valence-electron chi connectivity index (χ3n) is 5.22. The molecule has 0 bridgehead atoms. The van der Waals surface area contributed by atoms with E-state index in [1.54, 1.807) is 6.07 Å². The van der Waals surface area contributed by atoms with Crippen LogP contribution in [0.1, 0.15) is 52.7 Å². The van der Waals surface area contributed by atoms with Gasteiger partial charge in [0.05, 0.1) is 0 Å². The Labute approximate surface area is 181 Å². The summed E-state index contributed by atoms with van der Waals surface area (Å²) in [5.74, 6) is 0.583. The molecule has 0 saturated carbocycles. The van der Waals surface area contributed by atoms with E-state index in [0.29, 0.717) is 11.1 Å². The van der Waals surface area contributed by atoms with Crippen LogP contribution in [0.15, 0.2) is 72.8 Å². The van der Waals surface area contributed by atoms with E-state index in [2.05, 4.69) is 41.5 Å². The Balaban J connectivity index is 2.08. The first-order valence-electron chi connectivity index (χ1n) is 10.3. The van der Waals surface area contributed by atoms with Gasteiger partial charge in [-0.1, -0.05) is 0 Å². The fourth-order valence-electron chi connectivity index (χ4n) is 3.56. The molecule has 0 radical (unpaired) electrons. The van der Waals surface area contributed by atoms with Gasteiger partial charge in [0.1, 0.15) is 0 Å². The summed E-state index contributed by atoms with van der Waals surface area (Å²) in [5, 5.41) is 0.424. The van der Waals surface area contributed by atoms with E-state index in [4.69, 9.17) is 4.52 Å². The fraction of sp³-hybridized carbons (Fsp3) is 0.308. The molecule has 3 aromatic carbocycles. The Hall–Kier alpha value is -2.19. The van der Waals surface area contributed by atoms with Gasteiger partial charge in [-0.2, -0.15) is 0 Å². The fourth-order valence-corrected chi connectivity index (χ4v) is 4.84. The van der Waals surface area contributed by atoms with Gasteiger partial charge >= 0.3 is 181 Å². The molecule has 3 rings (SSSR count). The van der Waals surface area contributed by atoms with Crippen molar-refractivity contribution in [2.75, 3.05) is 0 Å². The minimum atomic E-state index is -4.20. The molecule has 0 spiro atoms. The summed E-state index contributed by atoms with van der Waals surface area (Å²) < 4.78 is 6.14. The molecule has 2 N–H and O–H groups in total. The van der Waals surface area contributed by atoms with Crippen molar-refractivity contribution >= 4 is 13.2 Å². The maximum atomic E-state index is 11.2. The average molecular weight is 425 g/mol. The molecule has 0 fully saturated rings. The molecule has 0 saturated heterocycles. The molecule has 160 valence electrons. The quantitative estimate of drug-likeness (QED) is 0.495. The van der Waals surface area contributed by atoms with Crippen molar-refractivity contribution in [1.82, 2.24) is 0 Å². The summed E-state index contributed by atoms with van der Waals surface area (Å²) in [4.78, 5) is 22.3. The van der Waals surface area contributed by atoms with Crippen LogP contribution in [0.3, 0.4) is 0 Å². The van der Waals surface area contributed by atoms with Crippen LogP contribution in [0.5, 0.6) is 5.75 Å². The summed E-state index contributed by atoms with van der Waals surface area (Å²) in [5.41, 5.74) is 3.48. The summed E-state index contributed by atoms with van der Waals surface area (Å²) in [6.07, 6.45) is 0. The van der Waals surface area contributed by atoms with Gasteiger partial charge in [-0.15, -0.1) is 0 Å². The molecule has 3 aromatic rings. The van der Waals surface area contributed by atoms with Crippen molar-refractivity contribution in [2.45, 2.75) is 52.4 Å². The minimum absolute atomic E-state index is 0.201. The Bertz CT molecular complexity index is 980. The zero-order valence-corrected chi connectivity index (χ0v) is 19.7. The number of rotatable bonds is 4. The van der Waals surface area contributed by atoms with Gasteiger partial charge in [-0.3, -0.25) is 0 Å². The summed E-state index contributed by atoms with van der Waals surface area (Å²) in [6, 6.07) is 23.3. The standard InChI is InChI=1S/C26H33O3P/c1-25(2,3)22-16-11-17-23(26(4,5)6)24(22)29-30(27,28)21-15-10-14-20(18-21)19-12-8-7-9-13-19/h7-18,27-28,30H,1-6H3. The molecule has 0 amide bonds. The second-order valence-electron chi connectivity index (χ2n) is 9.84. The Kier molecular flexibility index (Phi) is 6.11. The van der Waals surface area contributed by atoms with Crippen LogP contribution < -0.4 is 9.83 Å². The van der Waals surface area contributed by atoms with Crippen molar-refractivity contribution in [3.8, 4) is 16.9 Å². The van der Waals surface area contributed by atoms with Crippen LogP contribution in [0, 0.1) is 0 Å². The van der Waals surface area contributed by atoms with Gasteiger partial charge in [0, 0.05) is 0 Å². The molecule has 30 heavy (non-hydrogen) atoms. The molecular formula is C26H33O3P. The van der Waals surface area contributed by atoms with Crippen LogP contribution in [0.4, 0.5) is 0 Å². The van der Waals surface area contributed by atoms with Crippen LogP contribution in [0.2, 0.25) is 0 Å². The first-order chi connectivity index (χ1) is 13.9. The zero-order valence-electron chi connectivity index (χ0n) is 18.7. The van der Waals surface area contributed by atoms with Crippen molar-refractivity contribution in [3.05, 3.63) is 83.9 Å². The van der Waals surface area contributed by atoms with Crippen LogP contribution in [-0.4, -0.2) is 9.79 Å². The number of benzene rings is 3. The third kappa shape index (κ3) is 4.92. The summed E-state index contributed by atoms with van der Waals surface area (Å²) in [6.45, 7) is 12.6. The first-order valence-corrected chi connectivity index (χ1v) is 12.1. The molecule has 0 heterocycles. The molecule has 3 nitrogen and oxygen atoms in total. The second-order valence-corrected chi connectivity index (χ2v) is 11.8. The van der Waals surface area contributed by atoms with Gasteiger partial charge in [-0.05, 0) is 0 Å². The van der Waals surface area contributed by atoms with Gasteiger partial charge in [0.25, 0.3) is 0 Å². The topological polar surface area (TPSA) is 49.7 Å². The molecule has 0 aliphatic heterocycles. The zero-order chi connectivity index (χ0) is 22.2. The van der Waals surface area contributed by atoms with Gasteiger partial charge in [0.2, 0.25) is 0 Å². The molecule has 0 unspecified atom stereocenters. The van der Waals surface area contributed by atoms with E-state index in [1.807, 2.05) is 66.7 Å². The Morgan fingerprint density at radius 1 is 0.633 bits per heavy atom. The molecule has 0 atom stereocenters. The van der Waals surface area contributed by atoms with E-state index in [1.165, 1.54) is 0 Å². The predicted molar refractivity (Wildman–Crippen MR) is 129 cm³/mol. The van der Waals surface area contributed by atoms with Crippen LogP contribution in [-0.2, 0) is 10.8 Å². The van der Waals surface area contributed by atoms with E-state index in [0.717, 1.165) is 22.3 Å².